The summed E-state index contributed by atoms with van der Waals surface area (Å²) >= 11 is 0. The van der Waals surface area contributed by atoms with E-state index in [1.54, 1.807) is 0 Å². The van der Waals surface area contributed by atoms with Crippen LogP contribution in [0.2, 0.25) is 0 Å². The van der Waals surface area contributed by atoms with Crippen molar-refractivity contribution in [2.75, 3.05) is 13.1 Å². The van der Waals surface area contributed by atoms with Gasteiger partial charge in [0, 0.05) is 25.2 Å². The maximum Gasteiger partial charge on any atom is 0.0171 e. The summed E-state index contributed by atoms with van der Waals surface area (Å²) in [6.45, 7) is 5.81. The molecule has 2 N–H and O–H groups in total. The topological polar surface area (TPSA) is 29.3 Å². The molecule has 1 aliphatic rings. The van der Waals surface area contributed by atoms with Gasteiger partial charge in [0.25, 0.3) is 0 Å². The van der Waals surface area contributed by atoms with Crippen molar-refractivity contribution >= 4 is 0 Å². The summed E-state index contributed by atoms with van der Waals surface area (Å²) in [6, 6.07) is 11.6. The van der Waals surface area contributed by atoms with Crippen LogP contribution < -0.4 is 5.73 Å². The van der Waals surface area contributed by atoms with Crippen molar-refractivity contribution in [3.05, 3.63) is 48.6 Å². The molecular formula is C16H24N2. The highest BCUT2D eigenvalue weighted by molar-refractivity contribution is 5.14. The Balaban J connectivity index is 1.73. The molecule has 18 heavy (non-hydrogen) atoms. The van der Waals surface area contributed by atoms with E-state index in [1.165, 1.54) is 18.4 Å². The van der Waals surface area contributed by atoms with Gasteiger partial charge in [-0.2, -0.15) is 0 Å². The molecule has 98 valence electrons. The number of aryl methyl sites for hydroxylation is 1. The number of benzene rings is 1. The second kappa shape index (κ2) is 6.72. The van der Waals surface area contributed by atoms with Gasteiger partial charge in [-0.15, -0.1) is 6.58 Å². The average molecular weight is 244 g/mol. The summed E-state index contributed by atoms with van der Waals surface area (Å²) in [7, 11) is 0. The molecule has 2 heteroatoms. The first kappa shape index (κ1) is 13.3. The summed E-state index contributed by atoms with van der Waals surface area (Å²) in [5.74, 6) is 0. The van der Waals surface area contributed by atoms with E-state index in [1.807, 2.05) is 6.08 Å². The van der Waals surface area contributed by atoms with Gasteiger partial charge in [-0.1, -0.05) is 36.4 Å². The Morgan fingerprint density at radius 3 is 2.67 bits per heavy atom. The Morgan fingerprint density at radius 1 is 1.33 bits per heavy atom. The van der Waals surface area contributed by atoms with Crippen molar-refractivity contribution in [2.45, 2.75) is 37.8 Å². The molecule has 0 saturated heterocycles. The monoisotopic (exact) mass is 244 g/mol. The van der Waals surface area contributed by atoms with Crippen LogP contribution in [0.3, 0.4) is 0 Å². The van der Waals surface area contributed by atoms with Crippen molar-refractivity contribution in [1.29, 1.82) is 0 Å². The Kier molecular flexibility index (Phi) is 4.97. The van der Waals surface area contributed by atoms with Crippen LogP contribution in [0.4, 0.5) is 0 Å². The van der Waals surface area contributed by atoms with Crippen molar-refractivity contribution in [3.8, 4) is 0 Å². The van der Waals surface area contributed by atoms with Crippen molar-refractivity contribution < 1.29 is 0 Å². The van der Waals surface area contributed by atoms with Crippen LogP contribution in [0.1, 0.15) is 24.8 Å². The van der Waals surface area contributed by atoms with Crippen LogP contribution >= 0.6 is 0 Å². The predicted octanol–water partition coefficient (Wildman–Crippen LogP) is 2.60. The smallest absolute Gasteiger partial charge is 0.0171 e. The zero-order valence-corrected chi connectivity index (χ0v) is 11.1. The summed E-state index contributed by atoms with van der Waals surface area (Å²) < 4.78 is 0. The van der Waals surface area contributed by atoms with Gasteiger partial charge in [-0.25, -0.2) is 0 Å². The predicted molar refractivity (Wildman–Crippen MR) is 77.5 cm³/mol. The Morgan fingerprint density at radius 2 is 2.06 bits per heavy atom. The van der Waals surface area contributed by atoms with Crippen LogP contribution in [-0.4, -0.2) is 30.1 Å². The number of hydrogen-bond acceptors (Lipinski definition) is 2. The van der Waals surface area contributed by atoms with E-state index in [0.29, 0.717) is 0 Å². The van der Waals surface area contributed by atoms with Gasteiger partial charge in [0.15, 0.2) is 0 Å². The van der Waals surface area contributed by atoms with Gasteiger partial charge < -0.3 is 5.73 Å². The largest absolute Gasteiger partial charge is 0.327 e. The first-order chi connectivity index (χ1) is 8.79. The fourth-order valence-electron chi connectivity index (χ4n) is 2.37. The zero-order chi connectivity index (χ0) is 12.8. The van der Waals surface area contributed by atoms with Crippen molar-refractivity contribution in [3.63, 3.8) is 0 Å². The van der Waals surface area contributed by atoms with E-state index < -0.39 is 0 Å². The van der Waals surface area contributed by atoms with Crippen molar-refractivity contribution in [2.24, 2.45) is 5.73 Å². The molecule has 0 amide bonds. The third-order valence-corrected chi connectivity index (χ3v) is 3.54. The molecule has 1 saturated carbocycles. The molecule has 1 aromatic rings. The number of hydrogen-bond donors (Lipinski definition) is 1. The Bertz CT molecular complexity index is 357. The molecule has 0 spiro atoms. The maximum atomic E-state index is 6.24. The molecule has 1 aliphatic carbocycles. The van der Waals surface area contributed by atoms with Gasteiger partial charge in [0.2, 0.25) is 0 Å². The lowest BCUT2D eigenvalue weighted by molar-refractivity contribution is 0.268. The minimum atomic E-state index is 0.269. The highest BCUT2D eigenvalue weighted by Gasteiger charge is 2.28. The fourth-order valence-corrected chi connectivity index (χ4v) is 2.37. The van der Waals surface area contributed by atoms with Crippen LogP contribution in [0.15, 0.2) is 43.0 Å². The molecule has 0 heterocycles. The fraction of sp³-hybridized carbons (Fsp3) is 0.500. The molecule has 0 unspecified atom stereocenters. The van der Waals surface area contributed by atoms with Gasteiger partial charge in [0.05, 0.1) is 0 Å². The number of rotatable bonds is 8. The molecule has 0 aromatic heterocycles. The third kappa shape index (κ3) is 4.28. The van der Waals surface area contributed by atoms with E-state index in [9.17, 15) is 0 Å². The summed E-state index contributed by atoms with van der Waals surface area (Å²) in [6.07, 6.45) is 6.79. The SMILES string of the molecule is C=CCN(C[C@@H](N)CCc1ccccc1)C1CC1. The van der Waals surface area contributed by atoms with Crippen LogP contribution in [0.5, 0.6) is 0 Å². The van der Waals surface area contributed by atoms with E-state index in [0.717, 1.165) is 32.0 Å². The lowest BCUT2D eigenvalue weighted by Crippen LogP contribution is -2.39. The molecule has 1 atom stereocenters. The maximum absolute atomic E-state index is 6.24. The van der Waals surface area contributed by atoms with Crippen LogP contribution in [0.25, 0.3) is 0 Å². The van der Waals surface area contributed by atoms with E-state index in [4.69, 9.17) is 5.73 Å². The summed E-state index contributed by atoms with van der Waals surface area (Å²) in [5, 5.41) is 0. The lowest BCUT2D eigenvalue weighted by Gasteiger charge is -2.24. The normalized spacial score (nSPS) is 16.8. The number of nitrogens with zero attached hydrogens (tertiary/aromatic N) is 1. The second-order valence-electron chi connectivity index (χ2n) is 5.26. The van der Waals surface area contributed by atoms with E-state index in [2.05, 4.69) is 41.8 Å². The van der Waals surface area contributed by atoms with Crippen LogP contribution in [0, 0.1) is 0 Å². The van der Waals surface area contributed by atoms with Gasteiger partial charge in [-0.3, -0.25) is 4.90 Å². The average Bonchev–Trinajstić information content (AvgIpc) is 3.21. The first-order valence-electron chi connectivity index (χ1n) is 6.94. The molecule has 2 rings (SSSR count). The van der Waals surface area contributed by atoms with Crippen molar-refractivity contribution in [1.82, 2.24) is 4.90 Å². The number of nitrogens with two attached hydrogens (primary N) is 1. The molecule has 1 aromatic carbocycles. The van der Waals surface area contributed by atoms with Gasteiger partial charge >= 0.3 is 0 Å². The van der Waals surface area contributed by atoms with E-state index >= 15 is 0 Å². The molecular weight excluding hydrogens is 220 g/mol. The molecule has 1 fully saturated rings. The highest BCUT2D eigenvalue weighted by atomic mass is 15.2. The van der Waals surface area contributed by atoms with E-state index in [-0.39, 0.29) is 6.04 Å². The van der Waals surface area contributed by atoms with Crippen LogP contribution in [-0.2, 0) is 6.42 Å². The Hall–Kier alpha value is -1.12. The summed E-state index contributed by atoms with van der Waals surface area (Å²) in [4.78, 5) is 2.47. The standard InChI is InChI=1S/C16H24N2/c1-2-12-18(16-10-11-16)13-15(17)9-8-14-6-4-3-5-7-14/h2-7,15-16H,1,8-13,17H2/t15-/m0/s1. The first-order valence-corrected chi connectivity index (χ1v) is 6.94. The second-order valence-corrected chi connectivity index (χ2v) is 5.26. The molecule has 0 radical (unpaired) electrons. The lowest BCUT2D eigenvalue weighted by atomic mass is 10.1. The molecule has 0 aliphatic heterocycles. The quantitative estimate of drug-likeness (QED) is 0.712. The summed E-state index contributed by atoms with van der Waals surface area (Å²) in [5.41, 5.74) is 7.63. The van der Waals surface area contributed by atoms with Gasteiger partial charge in [0.1, 0.15) is 0 Å². The minimum Gasteiger partial charge on any atom is -0.327 e. The molecule has 2 nitrogen and oxygen atoms in total. The minimum absolute atomic E-state index is 0.269. The van der Waals surface area contributed by atoms with Gasteiger partial charge in [-0.05, 0) is 31.2 Å². The third-order valence-electron chi connectivity index (χ3n) is 3.54. The Labute approximate surface area is 110 Å². The highest BCUT2D eigenvalue weighted by Crippen LogP contribution is 2.26. The molecule has 0 bridgehead atoms. The zero-order valence-electron chi connectivity index (χ0n) is 11.1.